The number of fused-ring (bicyclic) bond motifs is 1. The summed E-state index contributed by atoms with van der Waals surface area (Å²) in [4.78, 5) is 30.3. The summed E-state index contributed by atoms with van der Waals surface area (Å²) in [5.74, 6) is 0.0681. The van der Waals surface area contributed by atoms with E-state index in [-0.39, 0.29) is 18.3 Å². The van der Waals surface area contributed by atoms with Gasteiger partial charge in [-0.3, -0.25) is 19.3 Å². The minimum absolute atomic E-state index is 0. The Hall–Kier alpha value is -4.76. The molecular weight excluding hydrogens is 545 g/mol. The Kier molecular flexibility index (Phi) is 7.47. The van der Waals surface area contributed by atoms with E-state index in [1.54, 1.807) is 36.5 Å². The fourth-order valence-electron chi connectivity index (χ4n) is 4.52. The minimum Gasteiger partial charge on any atom is -0.457 e. The van der Waals surface area contributed by atoms with Crippen LogP contribution in [0.1, 0.15) is 18.5 Å². The number of hydrogen-bond acceptors (Lipinski definition) is 5. The molecule has 1 aliphatic rings. The van der Waals surface area contributed by atoms with Gasteiger partial charge in [0.2, 0.25) is 11.8 Å². The number of carbonyl (C=O) groups is 2. The lowest BCUT2D eigenvalue weighted by atomic mass is 10.0. The molecule has 0 saturated heterocycles. The van der Waals surface area contributed by atoms with Crippen molar-refractivity contribution in [3.8, 4) is 22.8 Å². The van der Waals surface area contributed by atoms with Gasteiger partial charge in [0.05, 0.1) is 11.2 Å². The monoisotopic (exact) mass is 571 g/mol. The molecule has 1 aliphatic carbocycles. The quantitative estimate of drug-likeness (QED) is 0.213. The number of amides is 2. The van der Waals surface area contributed by atoms with Gasteiger partial charge in [-0.2, -0.15) is 5.10 Å². The zero-order chi connectivity index (χ0) is 27.9. The SMILES string of the molecule is Cc1cc(-c2ccc3c(Oc4ccc(NC(=O)C5(C(=O)Nc6ccc(F)cc6)CC5)cc4)ccnc3c2)nn1C.Cl. The highest BCUT2D eigenvalue weighted by molar-refractivity contribution is 6.16. The number of aromatic nitrogens is 3. The van der Waals surface area contributed by atoms with Gasteiger partial charge >= 0.3 is 0 Å². The summed E-state index contributed by atoms with van der Waals surface area (Å²) in [6.07, 6.45) is 2.60. The van der Waals surface area contributed by atoms with Crippen molar-refractivity contribution < 1.29 is 18.7 Å². The molecule has 0 unspecified atom stereocenters. The molecule has 0 atom stereocenters. The van der Waals surface area contributed by atoms with E-state index in [1.165, 1.54) is 24.3 Å². The van der Waals surface area contributed by atoms with Gasteiger partial charge in [0.1, 0.15) is 22.7 Å². The summed E-state index contributed by atoms with van der Waals surface area (Å²) in [6, 6.07) is 22.2. The standard InChI is InChI=1S/C31H26FN5O3.ClH/c1-19-17-26(36-37(19)2)20-3-12-25-27(18-20)33-16-13-28(25)40-24-10-8-23(9-11-24)35-30(39)31(14-15-31)29(38)34-22-6-4-21(32)5-7-22;/h3-13,16-18H,14-15H2,1-2H3,(H,34,38)(H,35,39);1H. The second kappa shape index (κ2) is 11.0. The Bertz CT molecular complexity index is 1730. The van der Waals surface area contributed by atoms with Crippen LogP contribution >= 0.6 is 12.4 Å². The smallest absolute Gasteiger partial charge is 0.240 e. The fourth-order valence-corrected chi connectivity index (χ4v) is 4.52. The third kappa shape index (κ3) is 5.62. The van der Waals surface area contributed by atoms with Gasteiger partial charge < -0.3 is 15.4 Å². The Morgan fingerprint density at radius 2 is 1.54 bits per heavy atom. The van der Waals surface area contributed by atoms with Gasteiger partial charge in [0, 0.05) is 41.3 Å². The molecule has 3 aromatic carbocycles. The molecule has 6 rings (SSSR count). The lowest BCUT2D eigenvalue weighted by molar-refractivity contribution is -0.131. The van der Waals surface area contributed by atoms with Crippen LogP contribution in [0.5, 0.6) is 11.5 Å². The van der Waals surface area contributed by atoms with E-state index in [1.807, 2.05) is 42.9 Å². The van der Waals surface area contributed by atoms with Crippen molar-refractivity contribution in [3.63, 3.8) is 0 Å². The van der Waals surface area contributed by atoms with Crippen LogP contribution in [0.15, 0.2) is 85.1 Å². The number of benzene rings is 3. The number of nitrogens with one attached hydrogen (secondary N) is 2. The number of aryl methyl sites for hydroxylation is 2. The van der Waals surface area contributed by atoms with Crippen LogP contribution in [0, 0.1) is 18.2 Å². The van der Waals surface area contributed by atoms with Crippen molar-refractivity contribution >= 4 is 46.5 Å². The number of hydrogen-bond donors (Lipinski definition) is 2. The summed E-state index contributed by atoms with van der Waals surface area (Å²) >= 11 is 0. The highest BCUT2D eigenvalue weighted by Crippen LogP contribution is 2.47. The highest BCUT2D eigenvalue weighted by Gasteiger charge is 2.56. The molecule has 0 spiro atoms. The van der Waals surface area contributed by atoms with Crippen LogP contribution in [-0.2, 0) is 16.6 Å². The first-order chi connectivity index (χ1) is 19.3. The number of anilines is 2. The van der Waals surface area contributed by atoms with Gasteiger partial charge in [-0.1, -0.05) is 6.07 Å². The van der Waals surface area contributed by atoms with Gasteiger partial charge in [-0.15, -0.1) is 12.4 Å². The van der Waals surface area contributed by atoms with Gasteiger partial charge in [0.15, 0.2) is 0 Å². The van der Waals surface area contributed by atoms with Gasteiger partial charge in [0.25, 0.3) is 0 Å². The third-order valence-electron chi connectivity index (χ3n) is 7.17. The van der Waals surface area contributed by atoms with Crippen molar-refractivity contribution in [1.29, 1.82) is 0 Å². The van der Waals surface area contributed by atoms with Crippen LogP contribution in [0.25, 0.3) is 22.2 Å². The van der Waals surface area contributed by atoms with E-state index in [4.69, 9.17) is 4.74 Å². The van der Waals surface area contributed by atoms with E-state index < -0.39 is 17.1 Å². The topological polar surface area (TPSA) is 98.1 Å². The molecule has 2 amide bonds. The summed E-state index contributed by atoms with van der Waals surface area (Å²) in [5.41, 5.74) is 3.57. The molecule has 0 bridgehead atoms. The zero-order valence-corrected chi connectivity index (χ0v) is 23.2. The molecule has 2 aromatic heterocycles. The van der Waals surface area contributed by atoms with Gasteiger partial charge in [-0.05, 0) is 92.6 Å². The molecule has 1 saturated carbocycles. The molecule has 1 fully saturated rings. The van der Waals surface area contributed by atoms with Crippen molar-refractivity contribution in [2.75, 3.05) is 10.6 Å². The molecule has 2 heterocycles. The lowest BCUT2D eigenvalue weighted by Gasteiger charge is -2.16. The normalized spacial score (nSPS) is 13.2. The number of halogens is 2. The maximum Gasteiger partial charge on any atom is 0.240 e. The molecule has 208 valence electrons. The van der Waals surface area contributed by atoms with E-state index in [0.717, 1.165) is 27.9 Å². The molecule has 5 aromatic rings. The first kappa shape index (κ1) is 27.8. The van der Waals surface area contributed by atoms with E-state index in [2.05, 4.69) is 20.7 Å². The Morgan fingerprint density at radius 3 is 2.12 bits per heavy atom. The minimum atomic E-state index is -1.13. The largest absolute Gasteiger partial charge is 0.457 e. The first-order valence-corrected chi connectivity index (χ1v) is 12.9. The Morgan fingerprint density at radius 1 is 0.902 bits per heavy atom. The number of ether oxygens (including phenoxy) is 1. The van der Waals surface area contributed by atoms with Crippen molar-refractivity contribution in [2.24, 2.45) is 12.5 Å². The summed E-state index contributed by atoms with van der Waals surface area (Å²) < 4.78 is 21.1. The van der Waals surface area contributed by atoms with Crippen LogP contribution in [-0.4, -0.2) is 26.6 Å². The zero-order valence-electron chi connectivity index (χ0n) is 22.3. The first-order valence-electron chi connectivity index (χ1n) is 12.9. The lowest BCUT2D eigenvalue weighted by Crippen LogP contribution is -2.35. The predicted octanol–water partition coefficient (Wildman–Crippen LogP) is 6.65. The average Bonchev–Trinajstić information content (AvgIpc) is 3.71. The maximum absolute atomic E-state index is 13.2. The maximum atomic E-state index is 13.2. The van der Waals surface area contributed by atoms with Crippen LogP contribution in [0.3, 0.4) is 0 Å². The number of rotatable bonds is 7. The summed E-state index contributed by atoms with van der Waals surface area (Å²) in [6.45, 7) is 2.01. The predicted molar refractivity (Wildman–Crippen MR) is 158 cm³/mol. The molecule has 0 radical (unpaired) electrons. The Labute approximate surface area is 242 Å². The fraction of sp³-hybridized carbons (Fsp3) is 0.161. The number of carbonyl (C=O) groups excluding carboxylic acids is 2. The van der Waals surface area contributed by atoms with Crippen LogP contribution in [0.2, 0.25) is 0 Å². The molecular formula is C31H27ClFN5O3. The second-order valence-electron chi connectivity index (χ2n) is 9.96. The van der Waals surface area contributed by atoms with E-state index in [0.29, 0.717) is 35.7 Å². The second-order valence-corrected chi connectivity index (χ2v) is 9.96. The van der Waals surface area contributed by atoms with Crippen LogP contribution in [0.4, 0.5) is 15.8 Å². The van der Waals surface area contributed by atoms with E-state index in [9.17, 15) is 14.0 Å². The molecule has 2 N–H and O–H groups in total. The Balaban J connectivity index is 0.00000337. The van der Waals surface area contributed by atoms with E-state index >= 15 is 0 Å². The van der Waals surface area contributed by atoms with Crippen molar-refractivity contribution in [2.45, 2.75) is 19.8 Å². The van der Waals surface area contributed by atoms with Crippen molar-refractivity contribution in [1.82, 2.24) is 14.8 Å². The number of pyridine rings is 1. The molecule has 41 heavy (non-hydrogen) atoms. The highest BCUT2D eigenvalue weighted by atomic mass is 35.5. The third-order valence-corrected chi connectivity index (χ3v) is 7.17. The molecule has 8 nitrogen and oxygen atoms in total. The van der Waals surface area contributed by atoms with Crippen LogP contribution < -0.4 is 15.4 Å². The average molecular weight is 572 g/mol. The summed E-state index contributed by atoms with van der Waals surface area (Å²) in [7, 11) is 1.91. The molecule has 0 aliphatic heterocycles. The van der Waals surface area contributed by atoms with Crippen molar-refractivity contribution in [3.05, 3.63) is 96.6 Å². The summed E-state index contributed by atoms with van der Waals surface area (Å²) in [5, 5.41) is 11.0. The molecule has 10 heteroatoms. The van der Waals surface area contributed by atoms with Gasteiger partial charge in [-0.25, -0.2) is 4.39 Å². The number of nitrogens with zero attached hydrogens (tertiary/aromatic N) is 3.